The molecule has 15 heteroatoms. The lowest BCUT2D eigenvalue weighted by Gasteiger charge is -2.33. The maximum atomic E-state index is 13.0. The lowest BCUT2D eigenvalue weighted by atomic mass is 9.93. The van der Waals surface area contributed by atoms with E-state index in [1.807, 2.05) is 0 Å². The molecule has 0 heterocycles. The molecular weight excluding hydrogens is 660 g/mol. The first kappa shape index (κ1) is 47.1. The number of carbonyl (C=O) groups is 7. The number of hydrogen-bond donors (Lipinski definition) is 6. The number of hydrogen-bond acceptors (Lipinski definition) is 9. The summed E-state index contributed by atoms with van der Waals surface area (Å²) in [6.07, 6.45) is -1.00. The first-order chi connectivity index (χ1) is 22.6. The van der Waals surface area contributed by atoms with Crippen molar-refractivity contribution >= 4 is 41.6 Å². The van der Waals surface area contributed by atoms with Gasteiger partial charge in [0.25, 0.3) is 0 Å². The van der Waals surface area contributed by atoms with Gasteiger partial charge in [-0.2, -0.15) is 0 Å². The van der Waals surface area contributed by atoms with E-state index in [1.54, 1.807) is 104 Å². The van der Waals surface area contributed by atoms with Gasteiger partial charge in [-0.3, -0.25) is 28.8 Å². The smallest absolute Gasteiger partial charge is 0.408 e. The van der Waals surface area contributed by atoms with Crippen LogP contribution in [0.3, 0.4) is 0 Å². The quantitative estimate of drug-likeness (QED) is 0.114. The molecule has 0 aliphatic rings. The fourth-order valence-corrected chi connectivity index (χ4v) is 5.39. The molecule has 0 aromatic heterocycles. The van der Waals surface area contributed by atoms with Crippen LogP contribution in [-0.4, -0.2) is 87.5 Å². The van der Waals surface area contributed by atoms with E-state index in [9.17, 15) is 33.6 Å². The Morgan fingerprint density at radius 2 is 0.588 bits per heavy atom. The summed E-state index contributed by atoms with van der Waals surface area (Å²) in [5, 5.41) is 16.9. The van der Waals surface area contributed by atoms with Crippen molar-refractivity contribution in [1.82, 2.24) is 31.9 Å². The summed E-state index contributed by atoms with van der Waals surface area (Å²) in [6, 6.07) is 0. The number of amides is 6. The fraction of sp³-hybridized carbons (Fsp3) is 0.806. The highest BCUT2D eigenvalue weighted by Crippen LogP contribution is 2.19. The van der Waals surface area contributed by atoms with Crippen molar-refractivity contribution in [3.05, 3.63) is 0 Å². The Bertz CT molecular complexity index is 1290. The van der Waals surface area contributed by atoms with Crippen LogP contribution in [0.15, 0.2) is 0 Å². The van der Waals surface area contributed by atoms with Crippen molar-refractivity contribution in [2.75, 3.05) is 7.11 Å². The highest BCUT2D eigenvalue weighted by Gasteiger charge is 2.35. The number of ether oxygens (including phenoxy) is 2. The molecule has 6 amide bonds. The lowest BCUT2D eigenvalue weighted by molar-refractivity contribution is -0.142. The summed E-state index contributed by atoms with van der Waals surface area (Å²) >= 11 is 0. The van der Waals surface area contributed by atoms with E-state index in [-0.39, 0.29) is 62.2 Å². The molecular formula is C36H66N6O9. The zero-order valence-electron chi connectivity index (χ0n) is 33.9. The monoisotopic (exact) mass is 726 g/mol. The second-order valence-corrected chi connectivity index (χ2v) is 18.3. The highest BCUT2D eigenvalue weighted by atomic mass is 16.6. The van der Waals surface area contributed by atoms with E-state index in [0.29, 0.717) is 0 Å². The molecule has 0 spiro atoms. The molecule has 0 saturated heterocycles. The summed E-state index contributed by atoms with van der Waals surface area (Å²) in [6.45, 7) is 25.6. The molecule has 0 saturated carbocycles. The van der Waals surface area contributed by atoms with Gasteiger partial charge >= 0.3 is 12.1 Å². The van der Waals surface area contributed by atoms with E-state index in [4.69, 9.17) is 4.74 Å². The minimum atomic E-state index is -0.962. The first-order valence-corrected chi connectivity index (χ1v) is 17.2. The molecule has 6 N–H and O–H groups in total. The van der Waals surface area contributed by atoms with Gasteiger partial charge < -0.3 is 41.4 Å². The zero-order chi connectivity index (χ0) is 40.4. The van der Waals surface area contributed by atoms with Crippen LogP contribution in [0.5, 0.6) is 0 Å². The fourth-order valence-electron chi connectivity index (χ4n) is 5.39. The molecule has 0 radical (unpaired) electrons. The van der Waals surface area contributed by atoms with Crippen molar-refractivity contribution < 1.29 is 43.0 Å². The van der Waals surface area contributed by atoms with Crippen LogP contribution in [0.25, 0.3) is 0 Å². The van der Waals surface area contributed by atoms with Crippen LogP contribution in [-0.2, 0) is 38.2 Å². The molecule has 0 bridgehead atoms. The standard InChI is InChI=1S/C36H66N6O9/c1-30(2,3)51-29(49)42-35(12,13)21-27(47)40-33(8,9)19-25(45)38-31(4,5)17-23(43)37-32(6,7)18-24(44)39-34(10,11)20-26(46)41-36(14,15)22-28(48)50-16/h17-22H2,1-16H3,(H,37,43)(H,38,45)(H,39,44)(H,40,47)(H,41,46)(H,42,49). The van der Waals surface area contributed by atoms with E-state index >= 15 is 0 Å². The number of carbonyl (C=O) groups excluding carboxylic acids is 7. The van der Waals surface area contributed by atoms with Crippen LogP contribution in [0.4, 0.5) is 4.79 Å². The van der Waals surface area contributed by atoms with Gasteiger partial charge in [-0.05, 0) is 104 Å². The average Bonchev–Trinajstić information content (AvgIpc) is 2.76. The Hall–Kier alpha value is -3.91. The minimum Gasteiger partial charge on any atom is -0.469 e. The van der Waals surface area contributed by atoms with Crippen LogP contribution < -0.4 is 31.9 Å². The molecule has 0 unspecified atom stereocenters. The normalized spacial score (nSPS) is 12.9. The molecule has 15 nitrogen and oxygen atoms in total. The summed E-state index contributed by atoms with van der Waals surface area (Å²) in [5.74, 6) is -2.34. The van der Waals surface area contributed by atoms with E-state index in [2.05, 4.69) is 36.6 Å². The Kier molecular flexibility index (Phi) is 16.2. The summed E-state index contributed by atoms with van der Waals surface area (Å²) in [7, 11) is 1.27. The molecule has 0 aromatic rings. The van der Waals surface area contributed by atoms with Gasteiger partial charge in [-0.25, -0.2) is 4.79 Å². The van der Waals surface area contributed by atoms with Gasteiger partial charge in [0.05, 0.1) is 13.5 Å². The minimum absolute atomic E-state index is 0.0107. The van der Waals surface area contributed by atoms with Gasteiger partial charge in [0.15, 0.2) is 0 Å². The Morgan fingerprint density at radius 3 is 0.804 bits per heavy atom. The summed E-state index contributed by atoms with van der Waals surface area (Å²) in [4.78, 5) is 88.3. The van der Waals surface area contributed by atoms with Crippen LogP contribution >= 0.6 is 0 Å². The zero-order valence-corrected chi connectivity index (χ0v) is 33.9. The first-order valence-electron chi connectivity index (χ1n) is 17.2. The number of nitrogens with one attached hydrogen (secondary N) is 6. The summed E-state index contributed by atoms with van der Waals surface area (Å²) in [5.41, 5.74) is -6.22. The van der Waals surface area contributed by atoms with Crippen molar-refractivity contribution in [3.8, 4) is 0 Å². The molecule has 0 aliphatic carbocycles. The van der Waals surface area contributed by atoms with E-state index in [1.165, 1.54) is 7.11 Å². The van der Waals surface area contributed by atoms with Gasteiger partial charge in [0.1, 0.15) is 5.60 Å². The molecule has 0 atom stereocenters. The molecule has 0 aromatic carbocycles. The van der Waals surface area contributed by atoms with E-state index < -0.39 is 56.8 Å². The van der Waals surface area contributed by atoms with Crippen LogP contribution in [0.2, 0.25) is 0 Å². The third kappa shape index (κ3) is 22.5. The topological polar surface area (TPSA) is 210 Å². The molecule has 0 aliphatic heterocycles. The van der Waals surface area contributed by atoms with Crippen molar-refractivity contribution in [1.29, 1.82) is 0 Å². The second-order valence-electron chi connectivity index (χ2n) is 18.3. The Morgan fingerprint density at radius 1 is 0.373 bits per heavy atom. The number of alkyl carbamates (subject to hydrolysis) is 1. The highest BCUT2D eigenvalue weighted by molar-refractivity contribution is 5.85. The average molecular weight is 727 g/mol. The van der Waals surface area contributed by atoms with Crippen molar-refractivity contribution in [2.45, 2.75) is 181 Å². The SMILES string of the molecule is COC(=O)CC(C)(C)NC(=O)CC(C)(C)NC(=O)CC(C)(C)NC(=O)CC(C)(C)NC(=O)CC(C)(C)NC(=O)CC(C)(C)NC(=O)OC(C)(C)C. The Balaban J connectivity index is 5.04. The van der Waals surface area contributed by atoms with Gasteiger partial charge in [0, 0.05) is 65.3 Å². The number of rotatable bonds is 18. The Labute approximate surface area is 304 Å². The van der Waals surface area contributed by atoms with Gasteiger partial charge in [0.2, 0.25) is 29.5 Å². The lowest BCUT2D eigenvalue weighted by Crippen LogP contribution is -2.55. The number of esters is 1. The maximum Gasteiger partial charge on any atom is 0.408 e. The number of methoxy groups -OCH3 is 1. The van der Waals surface area contributed by atoms with Gasteiger partial charge in [-0.15, -0.1) is 0 Å². The largest absolute Gasteiger partial charge is 0.469 e. The summed E-state index contributed by atoms with van der Waals surface area (Å²) < 4.78 is 9.95. The van der Waals surface area contributed by atoms with E-state index in [0.717, 1.165) is 0 Å². The molecule has 0 rings (SSSR count). The van der Waals surface area contributed by atoms with Gasteiger partial charge in [-0.1, -0.05) is 0 Å². The van der Waals surface area contributed by atoms with Crippen LogP contribution in [0, 0.1) is 0 Å². The molecule has 51 heavy (non-hydrogen) atoms. The van der Waals surface area contributed by atoms with Crippen molar-refractivity contribution in [3.63, 3.8) is 0 Å². The predicted molar refractivity (Wildman–Crippen MR) is 194 cm³/mol. The molecule has 0 fully saturated rings. The van der Waals surface area contributed by atoms with Crippen LogP contribution in [0.1, 0.15) is 142 Å². The third-order valence-corrected chi connectivity index (χ3v) is 7.05. The van der Waals surface area contributed by atoms with Crippen molar-refractivity contribution in [2.24, 2.45) is 0 Å². The maximum absolute atomic E-state index is 13.0. The second kappa shape index (κ2) is 17.5. The molecule has 294 valence electrons. The third-order valence-electron chi connectivity index (χ3n) is 7.05. The predicted octanol–water partition coefficient (Wildman–Crippen LogP) is 3.28.